The van der Waals surface area contributed by atoms with E-state index >= 15 is 0 Å². The van der Waals surface area contributed by atoms with Gasteiger partial charge in [-0.05, 0) is 76.8 Å². The molecule has 0 nitrogen and oxygen atoms in total. The Hall–Kier alpha value is -2.86. The van der Waals surface area contributed by atoms with Crippen LogP contribution in [0.25, 0.3) is 64.6 Å². The van der Waals surface area contributed by atoms with E-state index in [0.29, 0.717) is 0 Å². The lowest BCUT2D eigenvalue weighted by Gasteiger charge is -2.20. The lowest BCUT2D eigenvalue weighted by molar-refractivity contribution is 1.81. The molecule has 0 aliphatic rings. The normalized spacial score (nSPS) is 13.5. The predicted octanol–water partition coefficient (Wildman–Crippen LogP) is 6.36. The van der Waals surface area contributed by atoms with Crippen molar-refractivity contribution >= 4 is 64.6 Å². The van der Waals surface area contributed by atoms with Crippen molar-refractivity contribution in [2.45, 2.75) is 0 Å². The summed E-state index contributed by atoms with van der Waals surface area (Å²) in [6, 6.07) is 22.8. The summed E-state index contributed by atoms with van der Waals surface area (Å²) in [7, 11) is 0. The maximum atomic E-state index is 2.42. The molecule has 7 aromatic rings. The Bertz CT molecular complexity index is 1340. The molecule has 0 saturated carbocycles. The molecule has 0 bridgehead atoms. The van der Waals surface area contributed by atoms with E-state index in [2.05, 4.69) is 60.7 Å². The largest absolute Gasteiger partial charge is 0.0537 e. The zero-order valence-corrected chi connectivity index (χ0v) is 11.8. The van der Waals surface area contributed by atoms with Crippen molar-refractivity contribution in [3.8, 4) is 0 Å². The summed E-state index contributed by atoms with van der Waals surface area (Å²) < 4.78 is 0. The van der Waals surface area contributed by atoms with Gasteiger partial charge in [-0.3, -0.25) is 0 Å². The quantitative estimate of drug-likeness (QED) is 0.223. The highest BCUT2D eigenvalue weighted by Crippen LogP contribution is 2.46. The van der Waals surface area contributed by atoms with Gasteiger partial charge in [0.15, 0.2) is 0 Å². The Balaban J connectivity index is 1.77. The number of benzene rings is 5. The maximum Gasteiger partial charge on any atom is -0.00201 e. The van der Waals surface area contributed by atoms with E-state index in [1.165, 1.54) is 64.6 Å². The Morgan fingerprint density at radius 2 is 0.727 bits per heavy atom. The van der Waals surface area contributed by atoms with Gasteiger partial charge in [0.25, 0.3) is 0 Å². The first kappa shape index (κ1) is 9.97. The first-order chi connectivity index (χ1) is 10.9. The molecule has 98 valence electrons. The summed E-state index contributed by atoms with van der Waals surface area (Å²) in [6.45, 7) is 0. The highest BCUT2D eigenvalue weighted by Gasteiger charge is 2.18. The molecule has 0 aromatic heterocycles. The van der Waals surface area contributed by atoms with Crippen LogP contribution in [-0.4, -0.2) is 0 Å². The zero-order chi connectivity index (χ0) is 14.0. The van der Waals surface area contributed by atoms with Crippen molar-refractivity contribution in [2.24, 2.45) is 0 Å². The van der Waals surface area contributed by atoms with E-state index in [0.717, 1.165) is 0 Å². The minimum absolute atomic E-state index is 1.36. The van der Waals surface area contributed by atoms with Crippen molar-refractivity contribution in [1.29, 1.82) is 0 Å². The van der Waals surface area contributed by atoms with Crippen LogP contribution in [-0.2, 0) is 0 Å². The van der Waals surface area contributed by atoms with Crippen molar-refractivity contribution in [2.75, 3.05) is 0 Å². The molecule has 22 heavy (non-hydrogen) atoms. The highest BCUT2D eigenvalue weighted by molar-refractivity contribution is 6.39. The third-order valence-corrected chi connectivity index (χ3v) is 5.69. The highest BCUT2D eigenvalue weighted by atomic mass is 14.2. The minimum atomic E-state index is 1.36. The van der Waals surface area contributed by atoms with Gasteiger partial charge < -0.3 is 0 Å². The predicted molar refractivity (Wildman–Crippen MR) is 96.2 cm³/mol. The molecule has 0 fully saturated rings. The van der Waals surface area contributed by atoms with Crippen LogP contribution in [0.5, 0.6) is 0 Å². The average Bonchev–Trinajstić information content (AvgIpc) is 2.47. The molecule has 7 rings (SSSR count). The van der Waals surface area contributed by atoms with Gasteiger partial charge in [0.1, 0.15) is 0 Å². The second-order valence-electron chi connectivity index (χ2n) is 6.59. The van der Waals surface area contributed by atoms with Crippen molar-refractivity contribution in [3.05, 3.63) is 60.7 Å². The van der Waals surface area contributed by atoms with E-state index in [4.69, 9.17) is 0 Å². The van der Waals surface area contributed by atoms with E-state index in [1.807, 2.05) is 0 Å². The van der Waals surface area contributed by atoms with Crippen LogP contribution in [0.1, 0.15) is 0 Å². The molecule has 0 amide bonds. The van der Waals surface area contributed by atoms with Crippen LogP contribution in [0.15, 0.2) is 60.7 Å². The topological polar surface area (TPSA) is 0 Å². The fourth-order valence-electron chi connectivity index (χ4n) is 4.46. The number of fused-ring (bicyclic) bond motifs is 12. The summed E-state index contributed by atoms with van der Waals surface area (Å²) in [5.74, 6) is 0. The molecule has 0 atom stereocenters. The van der Waals surface area contributed by atoms with E-state index < -0.39 is 0 Å². The van der Waals surface area contributed by atoms with Gasteiger partial charge in [-0.25, -0.2) is 0 Å². The van der Waals surface area contributed by atoms with Crippen molar-refractivity contribution in [1.82, 2.24) is 0 Å². The lowest BCUT2D eigenvalue weighted by atomic mass is 9.83. The van der Waals surface area contributed by atoms with Gasteiger partial charge >= 0.3 is 0 Å². The summed E-state index contributed by atoms with van der Waals surface area (Å²) in [5.41, 5.74) is 0. The van der Waals surface area contributed by atoms with Crippen LogP contribution in [0.4, 0.5) is 0 Å². The van der Waals surface area contributed by atoms with Crippen molar-refractivity contribution < 1.29 is 0 Å². The Morgan fingerprint density at radius 3 is 1.14 bits per heavy atom. The van der Waals surface area contributed by atoms with Crippen molar-refractivity contribution in [3.63, 3.8) is 0 Å². The number of rotatable bonds is 0. The Morgan fingerprint density at radius 1 is 0.318 bits per heavy atom. The third-order valence-electron chi connectivity index (χ3n) is 5.69. The summed E-state index contributed by atoms with van der Waals surface area (Å²) in [5, 5.41) is 17.2. The van der Waals surface area contributed by atoms with E-state index in [-0.39, 0.29) is 0 Å². The summed E-state index contributed by atoms with van der Waals surface area (Å²) in [6.07, 6.45) is 0. The smallest absolute Gasteiger partial charge is 0.00201 e. The van der Waals surface area contributed by atoms with Gasteiger partial charge in [0.2, 0.25) is 0 Å². The molecular formula is C22H10. The molecule has 7 aromatic carbocycles. The first-order valence-corrected chi connectivity index (χ1v) is 7.80. The van der Waals surface area contributed by atoms with Gasteiger partial charge in [-0.15, -0.1) is 0 Å². The van der Waals surface area contributed by atoms with Crippen LogP contribution >= 0.6 is 0 Å². The molecule has 0 aliphatic heterocycles. The van der Waals surface area contributed by atoms with E-state index in [9.17, 15) is 0 Å². The van der Waals surface area contributed by atoms with Gasteiger partial charge in [0.05, 0.1) is 0 Å². The Kier molecular flexibility index (Phi) is 1.30. The zero-order valence-electron chi connectivity index (χ0n) is 11.8. The van der Waals surface area contributed by atoms with E-state index in [1.54, 1.807) is 0 Å². The molecule has 0 radical (unpaired) electrons. The minimum Gasteiger partial charge on any atom is -0.0537 e. The average molecular weight is 274 g/mol. The fraction of sp³-hybridized carbons (Fsp3) is 0. The summed E-state index contributed by atoms with van der Waals surface area (Å²) >= 11 is 0. The van der Waals surface area contributed by atoms with Crippen LogP contribution < -0.4 is 0 Å². The maximum absolute atomic E-state index is 2.42. The second-order valence-corrected chi connectivity index (χ2v) is 6.59. The SMILES string of the molecule is c1cc2c3ccc3c2c2cc3c(ccc4c5ccc5c34)cc12. The fourth-order valence-corrected chi connectivity index (χ4v) is 4.46. The van der Waals surface area contributed by atoms with Gasteiger partial charge in [-0.1, -0.05) is 48.5 Å². The molecular weight excluding hydrogens is 264 g/mol. The molecule has 0 heteroatoms. The molecule has 0 spiro atoms. The number of hydrogen-bond acceptors (Lipinski definition) is 0. The Labute approximate surface area is 125 Å². The molecule has 0 aliphatic carbocycles. The lowest BCUT2D eigenvalue weighted by Crippen LogP contribution is -1.91. The monoisotopic (exact) mass is 274 g/mol. The van der Waals surface area contributed by atoms with Crippen LogP contribution in [0.2, 0.25) is 0 Å². The van der Waals surface area contributed by atoms with Crippen LogP contribution in [0, 0.1) is 0 Å². The van der Waals surface area contributed by atoms with Gasteiger partial charge in [0, 0.05) is 0 Å². The summed E-state index contributed by atoms with van der Waals surface area (Å²) in [4.78, 5) is 0. The molecule has 0 heterocycles. The standard InChI is InChI=1S/C22H10/c1-3-15-13-5-7-17(13)21(15)19-10-20-12(9-11(1)19)2-4-16-14-6-8-18(14)22(16)20/h1-10H. The third kappa shape index (κ3) is 0.835. The van der Waals surface area contributed by atoms with Gasteiger partial charge in [-0.2, -0.15) is 0 Å². The molecule has 0 unspecified atom stereocenters. The second kappa shape index (κ2) is 2.86. The number of hydrogen-bond donors (Lipinski definition) is 0. The molecule has 0 saturated heterocycles. The van der Waals surface area contributed by atoms with Crippen LogP contribution in [0.3, 0.4) is 0 Å². The molecule has 0 N–H and O–H groups in total. The first-order valence-electron chi connectivity index (χ1n) is 7.80.